The van der Waals surface area contributed by atoms with Gasteiger partial charge in [0, 0.05) is 25.0 Å². The fourth-order valence-electron chi connectivity index (χ4n) is 5.40. The molecule has 1 saturated heterocycles. The normalized spacial score (nSPS) is 21.7. The first-order valence-electron chi connectivity index (χ1n) is 12.7. The van der Waals surface area contributed by atoms with Crippen molar-refractivity contribution in [2.45, 2.75) is 75.9 Å². The average molecular weight is 489 g/mol. The van der Waals surface area contributed by atoms with Gasteiger partial charge in [0.25, 0.3) is 5.91 Å². The molecule has 1 unspecified atom stereocenters. The van der Waals surface area contributed by atoms with E-state index in [0.29, 0.717) is 30.0 Å². The van der Waals surface area contributed by atoms with E-state index in [1.807, 2.05) is 0 Å². The molecule has 0 spiro atoms. The van der Waals surface area contributed by atoms with Gasteiger partial charge in [-0.2, -0.15) is 18.3 Å². The summed E-state index contributed by atoms with van der Waals surface area (Å²) in [5.74, 6) is -0.310. The van der Waals surface area contributed by atoms with Crippen LogP contribution in [0, 0.1) is 5.92 Å². The van der Waals surface area contributed by atoms with Gasteiger partial charge in [-0.05, 0) is 56.7 Å². The predicted octanol–water partition coefficient (Wildman–Crippen LogP) is 5.07. The van der Waals surface area contributed by atoms with Crippen LogP contribution in [0.25, 0.3) is 5.69 Å². The number of likely N-dealkylation sites (tertiary alicyclic amines) is 1. The molecule has 6 nitrogen and oxygen atoms in total. The summed E-state index contributed by atoms with van der Waals surface area (Å²) in [5, 5.41) is 7.53. The third kappa shape index (κ3) is 5.23. The molecule has 1 aliphatic heterocycles. The van der Waals surface area contributed by atoms with Crippen LogP contribution >= 0.6 is 0 Å². The Morgan fingerprint density at radius 2 is 1.77 bits per heavy atom. The predicted molar refractivity (Wildman–Crippen MR) is 124 cm³/mol. The first-order chi connectivity index (χ1) is 16.8. The Labute approximate surface area is 202 Å². The van der Waals surface area contributed by atoms with Crippen molar-refractivity contribution < 1.29 is 22.8 Å². The zero-order valence-corrected chi connectivity index (χ0v) is 19.7. The van der Waals surface area contributed by atoms with Crippen LogP contribution in [-0.4, -0.2) is 45.6 Å². The minimum atomic E-state index is -4.46. The summed E-state index contributed by atoms with van der Waals surface area (Å²) >= 11 is 0. The number of alkyl halides is 3. The molecular weight excluding hydrogens is 457 g/mol. The number of carbonyl (C=O) groups is 2. The van der Waals surface area contributed by atoms with E-state index in [1.165, 1.54) is 23.4 Å². The minimum absolute atomic E-state index is 0.0245. The molecule has 2 saturated carbocycles. The minimum Gasteiger partial charge on any atom is -0.353 e. The summed E-state index contributed by atoms with van der Waals surface area (Å²) < 4.78 is 41.3. The summed E-state index contributed by atoms with van der Waals surface area (Å²) in [6, 6.07) is 5.27. The molecule has 2 aliphatic carbocycles. The van der Waals surface area contributed by atoms with Crippen LogP contribution in [0.5, 0.6) is 0 Å². The second kappa shape index (κ2) is 9.66. The van der Waals surface area contributed by atoms with Crippen LogP contribution in [0.1, 0.15) is 85.3 Å². The van der Waals surface area contributed by atoms with E-state index in [0.717, 1.165) is 63.5 Å². The highest BCUT2D eigenvalue weighted by molar-refractivity contribution is 5.96. The second-order valence-corrected chi connectivity index (χ2v) is 10.1. The Hall–Kier alpha value is -2.84. The fraction of sp³-hybridized carbons (Fsp3) is 0.577. The first-order valence-corrected chi connectivity index (χ1v) is 12.7. The molecule has 35 heavy (non-hydrogen) atoms. The van der Waals surface area contributed by atoms with E-state index in [2.05, 4.69) is 10.4 Å². The van der Waals surface area contributed by atoms with Gasteiger partial charge in [0.2, 0.25) is 5.91 Å². The van der Waals surface area contributed by atoms with Crippen LogP contribution in [0.3, 0.4) is 0 Å². The van der Waals surface area contributed by atoms with Gasteiger partial charge in [0.05, 0.1) is 34.6 Å². The smallest absolute Gasteiger partial charge is 0.353 e. The van der Waals surface area contributed by atoms with Gasteiger partial charge in [-0.25, -0.2) is 4.68 Å². The maximum absolute atomic E-state index is 13.5. The second-order valence-electron chi connectivity index (χ2n) is 10.1. The molecule has 2 amide bonds. The Morgan fingerprint density at radius 3 is 2.49 bits per heavy atom. The molecule has 1 aromatic heterocycles. The molecule has 1 atom stereocenters. The summed E-state index contributed by atoms with van der Waals surface area (Å²) in [4.78, 5) is 28.2. The highest BCUT2D eigenvalue weighted by Crippen LogP contribution is 2.43. The van der Waals surface area contributed by atoms with E-state index < -0.39 is 11.7 Å². The molecule has 5 rings (SSSR count). The number of hydrogen-bond acceptors (Lipinski definition) is 3. The number of piperidine rings is 1. The molecule has 3 aliphatic rings. The zero-order valence-electron chi connectivity index (χ0n) is 19.7. The van der Waals surface area contributed by atoms with Crippen molar-refractivity contribution in [3.63, 3.8) is 0 Å². The van der Waals surface area contributed by atoms with Gasteiger partial charge in [-0.15, -0.1) is 0 Å². The SMILES string of the molecule is O=C(NC1CCCCC1)C1CCCN(C(=O)c2cnn(-c3cccc(C(F)(F)F)c3)c2C2CC2)C1. The van der Waals surface area contributed by atoms with Crippen molar-refractivity contribution in [1.82, 2.24) is 20.0 Å². The molecule has 2 aromatic rings. The molecule has 188 valence electrons. The molecule has 1 aromatic carbocycles. The van der Waals surface area contributed by atoms with Crippen molar-refractivity contribution >= 4 is 11.8 Å². The monoisotopic (exact) mass is 488 g/mol. The third-order valence-electron chi connectivity index (χ3n) is 7.45. The van der Waals surface area contributed by atoms with Gasteiger partial charge in [0.15, 0.2) is 0 Å². The van der Waals surface area contributed by atoms with E-state index in [-0.39, 0.29) is 29.7 Å². The number of amides is 2. The maximum Gasteiger partial charge on any atom is 0.416 e. The van der Waals surface area contributed by atoms with Crippen molar-refractivity contribution in [3.05, 3.63) is 47.3 Å². The van der Waals surface area contributed by atoms with Gasteiger partial charge in [0.1, 0.15) is 0 Å². The summed E-state index contributed by atoms with van der Waals surface area (Å²) in [6.07, 6.45) is 5.78. The molecule has 1 N–H and O–H groups in total. The molecule has 3 fully saturated rings. The maximum atomic E-state index is 13.5. The number of benzene rings is 1. The summed E-state index contributed by atoms with van der Waals surface area (Å²) in [7, 11) is 0. The van der Waals surface area contributed by atoms with Crippen molar-refractivity contribution in [3.8, 4) is 5.69 Å². The number of nitrogens with zero attached hydrogens (tertiary/aromatic N) is 3. The number of hydrogen-bond donors (Lipinski definition) is 1. The van der Waals surface area contributed by atoms with Crippen LogP contribution in [0.15, 0.2) is 30.5 Å². The van der Waals surface area contributed by atoms with Crippen LogP contribution < -0.4 is 5.32 Å². The van der Waals surface area contributed by atoms with Gasteiger partial charge < -0.3 is 10.2 Å². The lowest BCUT2D eigenvalue weighted by atomic mass is 9.92. The first kappa shape index (κ1) is 23.9. The molecule has 0 bridgehead atoms. The lowest BCUT2D eigenvalue weighted by Gasteiger charge is -2.33. The van der Waals surface area contributed by atoms with Crippen LogP contribution in [0.2, 0.25) is 0 Å². The number of rotatable bonds is 5. The average Bonchev–Trinajstić information content (AvgIpc) is 3.61. The van der Waals surface area contributed by atoms with Crippen LogP contribution in [-0.2, 0) is 11.0 Å². The molecular formula is C26H31F3N4O2. The standard InChI is InChI=1S/C26H31F3N4O2/c27-26(28,29)19-7-4-10-21(14-19)33-23(17-11-12-17)22(15-30-33)25(35)32-13-5-6-18(16-32)24(34)31-20-8-2-1-3-9-20/h4,7,10,14-15,17-18,20H,1-3,5-6,8-9,11-13,16H2,(H,31,34). The largest absolute Gasteiger partial charge is 0.416 e. The van der Waals surface area contributed by atoms with Gasteiger partial charge >= 0.3 is 6.18 Å². The molecule has 9 heteroatoms. The fourth-order valence-corrected chi connectivity index (χ4v) is 5.40. The lowest BCUT2D eigenvalue weighted by Crippen LogP contribution is -2.48. The number of carbonyl (C=O) groups excluding carboxylic acids is 2. The van der Waals surface area contributed by atoms with E-state index >= 15 is 0 Å². The van der Waals surface area contributed by atoms with Gasteiger partial charge in [-0.1, -0.05) is 25.3 Å². The van der Waals surface area contributed by atoms with Gasteiger partial charge in [-0.3, -0.25) is 9.59 Å². The highest BCUT2D eigenvalue weighted by Gasteiger charge is 2.37. The van der Waals surface area contributed by atoms with E-state index in [4.69, 9.17) is 0 Å². The molecule has 0 radical (unpaired) electrons. The Kier molecular flexibility index (Phi) is 6.59. The topological polar surface area (TPSA) is 67.2 Å². The van der Waals surface area contributed by atoms with Crippen molar-refractivity contribution in [2.24, 2.45) is 5.92 Å². The zero-order chi connectivity index (χ0) is 24.6. The Balaban J connectivity index is 1.34. The lowest BCUT2D eigenvalue weighted by molar-refractivity contribution is -0.137. The molecule has 2 heterocycles. The Morgan fingerprint density at radius 1 is 1.00 bits per heavy atom. The van der Waals surface area contributed by atoms with Crippen molar-refractivity contribution in [2.75, 3.05) is 13.1 Å². The Bertz CT molecular complexity index is 1090. The number of aromatic nitrogens is 2. The summed E-state index contributed by atoms with van der Waals surface area (Å²) in [5.41, 5.74) is 0.647. The quantitative estimate of drug-likeness (QED) is 0.639. The number of halogens is 3. The van der Waals surface area contributed by atoms with Crippen molar-refractivity contribution in [1.29, 1.82) is 0 Å². The van der Waals surface area contributed by atoms with E-state index in [1.54, 1.807) is 11.0 Å². The number of nitrogens with one attached hydrogen (secondary N) is 1. The summed E-state index contributed by atoms with van der Waals surface area (Å²) in [6.45, 7) is 0.918. The third-order valence-corrected chi connectivity index (χ3v) is 7.45. The van der Waals surface area contributed by atoms with Crippen LogP contribution in [0.4, 0.5) is 13.2 Å². The highest BCUT2D eigenvalue weighted by atomic mass is 19.4. The van der Waals surface area contributed by atoms with E-state index in [9.17, 15) is 22.8 Å².